The molecule has 1 aromatic rings. The van der Waals surface area contributed by atoms with Gasteiger partial charge in [-0.25, -0.2) is 0 Å². The summed E-state index contributed by atoms with van der Waals surface area (Å²) in [7, 11) is 0. The van der Waals surface area contributed by atoms with Crippen LogP contribution < -0.4 is 0 Å². The second-order valence-corrected chi connectivity index (χ2v) is 2.70. The van der Waals surface area contributed by atoms with Gasteiger partial charge in [0.25, 0.3) is 0 Å². The Hall–Kier alpha value is -1.62. The van der Waals surface area contributed by atoms with Gasteiger partial charge < -0.3 is 10.5 Å². The third kappa shape index (κ3) is 1.75. The molecule has 0 saturated heterocycles. The van der Waals surface area contributed by atoms with E-state index in [4.69, 9.17) is 17.0 Å². The Bertz CT molecular complexity index is 378. The predicted molar refractivity (Wildman–Crippen MR) is 47.7 cm³/mol. The van der Waals surface area contributed by atoms with Crippen molar-refractivity contribution >= 4 is 23.5 Å². The van der Waals surface area contributed by atoms with E-state index < -0.39 is 16.4 Å². The topological polar surface area (TPSA) is 87.2 Å². The van der Waals surface area contributed by atoms with Crippen LogP contribution in [0.2, 0.25) is 5.02 Å². The van der Waals surface area contributed by atoms with Crippen molar-refractivity contribution in [3.63, 3.8) is 0 Å². The van der Waals surface area contributed by atoms with Crippen LogP contribution in [0.4, 0.5) is 5.69 Å². The van der Waals surface area contributed by atoms with Crippen LogP contribution in [-0.2, 0) is 0 Å². The van der Waals surface area contributed by atoms with Gasteiger partial charge in [0.2, 0.25) is 5.75 Å². The van der Waals surface area contributed by atoms with Crippen LogP contribution in [0.15, 0.2) is 12.1 Å². The number of aromatic hydroxyl groups is 1. The number of benzene rings is 1. The lowest BCUT2D eigenvalue weighted by atomic mass is 10.2. The van der Waals surface area contributed by atoms with Crippen molar-refractivity contribution in [2.24, 2.45) is 0 Å². The number of halogens is 1. The summed E-state index contributed by atoms with van der Waals surface area (Å²) in [5.41, 5.74) is -0.467. The minimum atomic E-state index is -0.756. The first-order valence-corrected chi connectivity index (χ1v) is 3.61. The molecule has 2 N–H and O–H groups in total. The lowest BCUT2D eigenvalue weighted by Gasteiger charge is -1.99. The van der Waals surface area contributed by atoms with Crippen LogP contribution in [-0.4, -0.2) is 16.2 Å². The summed E-state index contributed by atoms with van der Waals surface area (Å²) in [5.74, 6) is -0.538. The van der Waals surface area contributed by atoms with Crippen LogP contribution in [0.3, 0.4) is 0 Å². The van der Waals surface area contributed by atoms with Crippen molar-refractivity contribution in [2.45, 2.75) is 0 Å². The number of phenols is 1. The van der Waals surface area contributed by atoms with E-state index >= 15 is 0 Å². The van der Waals surface area contributed by atoms with Crippen molar-refractivity contribution in [1.82, 2.24) is 0 Å². The quantitative estimate of drug-likeness (QED) is 0.435. The minimum Gasteiger partial charge on any atom is -0.502 e. The molecular weight excluding hydrogens is 196 g/mol. The molecule has 0 spiro atoms. The molecule has 0 aliphatic carbocycles. The fourth-order valence-corrected chi connectivity index (χ4v) is 1.08. The predicted octanol–water partition coefficient (Wildman–Crippen LogP) is 1.95. The Morgan fingerprint density at radius 3 is 2.69 bits per heavy atom. The number of nitrogens with zero attached hydrogens (tertiary/aromatic N) is 1. The molecule has 13 heavy (non-hydrogen) atoms. The van der Waals surface area contributed by atoms with E-state index in [1.807, 2.05) is 0 Å². The first-order chi connectivity index (χ1) is 6.06. The van der Waals surface area contributed by atoms with E-state index in [0.717, 1.165) is 12.3 Å². The SMILES string of the molecule is N=Cc1cc(Cl)cc([N+](=O)[O-])c1O. The molecule has 0 unspecified atom stereocenters. The monoisotopic (exact) mass is 200 g/mol. The fraction of sp³-hybridized carbons (Fsp3) is 0. The van der Waals surface area contributed by atoms with Crippen molar-refractivity contribution in [3.8, 4) is 5.75 Å². The molecule has 0 fully saturated rings. The van der Waals surface area contributed by atoms with Crippen molar-refractivity contribution in [3.05, 3.63) is 32.8 Å². The fourth-order valence-electron chi connectivity index (χ4n) is 0.855. The summed E-state index contributed by atoms with van der Waals surface area (Å²) in [6.07, 6.45) is 0.800. The first-order valence-electron chi connectivity index (χ1n) is 3.23. The van der Waals surface area contributed by atoms with Crippen molar-refractivity contribution in [1.29, 1.82) is 5.41 Å². The van der Waals surface area contributed by atoms with Gasteiger partial charge in [0, 0.05) is 22.9 Å². The zero-order valence-electron chi connectivity index (χ0n) is 6.32. The van der Waals surface area contributed by atoms with E-state index in [0.29, 0.717) is 0 Å². The summed E-state index contributed by atoms with van der Waals surface area (Å²) in [6.45, 7) is 0. The maximum atomic E-state index is 10.4. The van der Waals surface area contributed by atoms with E-state index in [9.17, 15) is 15.2 Å². The standard InChI is InChI=1S/C7H5ClN2O3/c8-5-1-4(3-9)7(11)6(2-5)10(12)13/h1-3,9,11H. The smallest absolute Gasteiger partial charge is 0.312 e. The summed E-state index contributed by atoms with van der Waals surface area (Å²) >= 11 is 5.53. The van der Waals surface area contributed by atoms with Gasteiger partial charge in [0.1, 0.15) is 0 Å². The summed E-state index contributed by atoms with van der Waals surface area (Å²) in [6, 6.07) is 2.31. The highest BCUT2D eigenvalue weighted by Gasteiger charge is 2.17. The van der Waals surface area contributed by atoms with Gasteiger partial charge in [0.05, 0.1) is 4.92 Å². The lowest BCUT2D eigenvalue weighted by molar-refractivity contribution is -0.385. The third-order valence-electron chi connectivity index (χ3n) is 1.44. The highest BCUT2D eigenvalue weighted by atomic mass is 35.5. The van der Waals surface area contributed by atoms with Crippen LogP contribution in [0.1, 0.15) is 5.56 Å². The second kappa shape index (κ2) is 3.40. The molecule has 1 rings (SSSR count). The summed E-state index contributed by atoms with van der Waals surface area (Å²) < 4.78 is 0. The first kappa shape index (κ1) is 9.47. The second-order valence-electron chi connectivity index (χ2n) is 2.26. The largest absolute Gasteiger partial charge is 0.502 e. The molecule has 0 aliphatic heterocycles. The Morgan fingerprint density at radius 1 is 1.62 bits per heavy atom. The zero-order chi connectivity index (χ0) is 10.0. The Labute approximate surface area is 78.2 Å². The molecule has 0 heterocycles. The average Bonchev–Trinajstić information content (AvgIpc) is 2.08. The van der Waals surface area contributed by atoms with Crippen LogP contribution in [0.25, 0.3) is 0 Å². The minimum absolute atomic E-state index is 0.0270. The Morgan fingerprint density at radius 2 is 2.23 bits per heavy atom. The average molecular weight is 201 g/mol. The van der Waals surface area contributed by atoms with Gasteiger partial charge in [-0.15, -0.1) is 0 Å². The van der Waals surface area contributed by atoms with E-state index in [1.165, 1.54) is 6.07 Å². The highest BCUT2D eigenvalue weighted by molar-refractivity contribution is 6.31. The molecule has 0 aromatic heterocycles. The maximum Gasteiger partial charge on any atom is 0.312 e. The maximum absolute atomic E-state index is 10.4. The molecule has 0 amide bonds. The highest BCUT2D eigenvalue weighted by Crippen LogP contribution is 2.31. The third-order valence-corrected chi connectivity index (χ3v) is 1.65. The van der Waals surface area contributed by atoms with Gasteiger partial charge in [-0.1, -0.05) is 11.6 Å². The van der Waals surface area contributed by atoms with Crippen molar-refractivity contribution < 1.29 is 10.0 Å². The Balaban J connectivity index is 3.44. The van der Waals surface area contributed by atoms with Gasteiger partial charge in [-0.05, 0) is 6.07 Å². The molecular formula is C7H5ClN2O3. The Kier molecular flexibility index (Phi) is 2.48. The molecule has 1 aromatic carbocycles. The number of phenolic OH excluding ortho intramolecular Hbond substituents is 1. The number of rotatable bonds is 2. The number of hydrogen-bond acceptors (Lipinski definition) is 4. The van der Waals surface area contributed by atoms with Gasteiger partial charge in [-0.3, -0.25) is 10.1 Å². The number of nitrogens with one attached hydrogen (secondary N) is 1. The summed E-state index contributed by atoms with van der Waals surface area (Å²) in [5, 5.41) is 26.6. The number of hydrogen-bond donors (Lipinski definition) is 2. The van der Waals surface area contributed by atoms with Gasteiger partial charge in [0.15, 0.2) is 0 Å². The lowest BCUT2D eigenvalue weighted by Crippen LogP contribution is -1.92. The van der Waals surface area contributed by atoms with E-state index in [2.05, 4.69) is 0 Å². The van der Waals surface area contributed by atoms with Crippen LogP contribution >= 0.6 is 11.6 Å². The van der Waals surface area contributed by atoms with Crippen molar-refractivity contribution in [2.75, 3.05) is 0 Å². The zero-order valence-corrected chi connectivity index (χ0v) is 7.08. The van der Waals surface area contributed by atoms with E-state index in [-0.39, 0.29) is 10.6 Å². The summed E-state index contributed by atoms with van der Waals surface area (Å²) in [4.78, 5) is 9.60. The van der Waals surface area contributed by atoms with Crippen LogP contribution in [0, 0.1) is 15.5 Å². The molecule has 0 bridgehead atoms. The molecule has 0 aliphatic rings. The van der Waals surface area contributed by atoms with E-state index in [1.54, 1.807) is 0 Å². The molecule has 0 saturated carbocycles. The van der Waals surface area contributed by atoms with Gasteiger partial charge in [-0.2, -0.15) is 0 Å². The van der Waals surface area contributed by atoms with Gasteiger partial charge >= 0.3 is 5.69 Å². The molecule has 0 atom stereocenters. The molecule has 68 valence electrons. The molecule has 0 radical (unpaired) electrons. The number of nitro groups is 1. The van der Waals surface area contributed by atoms with Crippen LogP contribution in [0.5, 0.6) is 5.75 Å². The molecule has 6 heteroatoms. The number of nitro benzene ring substituents is 1. The molecule has 5 nitrogen and oxygen atoms in total. The normalized spacial score (nSPS) is 9.62.